The average molecular weight is 291 g/mol. The normalized spacial score (nSPS) is 15.8. The van der Waals surface area contributed by atoms with Crippen LogP contribution < -0.4 is 15.5 Å². The van der Waals surface area contributed by atoms with Gasteiger partial charge in [0.15, 0.2) is 0 Å². The lowest BCUT2D eigenvalue weighted by molar-refractivity contribution is 0.217. The van der Waals surface area contributed by atoms with Gasteiger partial charge in [0.05, 0.1) is 0 Å². The molecule has 0 bridgehead atoms. The maximum Gasteiger partial charge on any atom is 0.316 e. The molecule has 1 aromatic rings. The van der Waals surface area contributed by atoms with Crippen LogP contribution in [0, 0.1) is 0 Å². The number of urea groups is 1. The fourth-order valence-corrected chi connectivity index (χ4v) is 2.50. The number of anilines is 1. The Balaban J connectivity index is 1.62. The van der Waals surface area contributed by atoms with Crippen molar-refractivity contribution in [3.63, 3.8) is 0 Å². The number of piperidine rings is 1. The second-order valence-corrected chi connectivity index (χ2v) is 5.55. The van der Waals surface area contributed by atoms with Crippen molar-refractivity contribution in [2.45, 2.75) is 18.9 Å². The van der Waals surface area contributed by atoms with Crippen LogP contribution in [0.1, 0.15) is 12.8 Å². The van der Waals surface area contributed by atoms with Crippen molar-refractivity contribution in [1.82, 2.24) is 20.5 Å². The van der Waals surface area contributed by atoms with E-state index in [9.17, 15) is 4.79 Å². The largest absolute Gasteiger partial charge is 0.371 e. The first kappa shape index (κ1) is 15.6. The van der Waals surface area contributed by atoms with Gasteiger partial charge in [0.2, 0.25) is 0 Å². The van der Waals surface area contributed by atoms with Crippen molar-refractivity contribution in [3.05, 3.63) is 24.5 Å². The van der Waals surface area contributed by atoms with Gasteiger partial charge in [-0.2, -0.15) is 0 Å². The number of nitrogens with one attached hydrogen (secondary N) is 2. The Labute approximate surface area is 126 Å². The maximum absolute atomic E-state index is 11.4. The van der Waals surface area contributed by atoms with Crippen molar-refractivity contribution in [2.75, 3.05) is 45.2 Å². The summed E-state index contributed by atoms with van der Waals surface area (Å²) in [5, 5.41) is 6.38. The van der Waals surface area contributed by atoms with Crippen LogP contribution in [-0.2, 0) is 0 Å². The van der Waals surface area contributed by atoms with E-state index in [0.29, 0.717) is 12.6 Å². The number of carbonyl (C=O) groups is 1. The molecule has 2 heterocycles. The second-order valence-electron chi connectivity index (χ2n) is 5.55. The van der Waals surface area contributed by atoms with Crippen LogP contribution >= 0.6 is 0 Å². The van der Waals surface area contributed by atoms with E-state index in [1.165, 1.54) is 5.69 Å². The summed E-state index contributed by atoms with van der Waals surface area (Å²) in [4.78, 5) is 19.4. The lowest BCUT2D eigenvalue weighted by atomic mass is 10.0. The molecule has 2 amide bonds. The van der Waals surface area contributed by atoms with Crippen molar-refractivity contribution in [2.24, 2.45) is 0 Å². The molecular formula is C15H25N5O. The molecule has 2 rings (SSSR count). The molecule has 0 saturated carbocycles. The standard InChI is InChI=1S/C15H25N5O/c1-19(2)15(21)18-10-9-17-13-5-11-20(12-6-13)14-3-7-16-8-4-14/h3-4,7-8,13,17H,5-6,9-12H2,1-2H3,(H,18,21). The first-order valence-electron chi connectivity index (χ1n) is 7.50. The summed E-state index contributed by atoms with van der Waals surface area (Å²) in [7, 11) is 3.50. The molecule has 0 aliphatic carbocycles. The van der Waals surface area contributed by atoms with E-state index in [1.54, 1.807) is 19.0 Å². The van der Waals surface area contributed by atoms with Crippen LogP contribution in [0.2, 0.25) is 0 Å². The Bertz CT molecular complexity index is 429. The van der Waals surface area contributed by atoms with Gasteiger partial charge in [0, 0.05) is 64.4 Å². The molecule has 0 aromatic carbocycles. The Hall–Kier alpha value is -1.82. The van der Waals surface area contributed by atoms with E-state index < -0.39 is 0 Å². The molecule has 1 aromatic heterocycles. The van der Waals surface area contributed by atoms with E-state index in [2.05, 4.69) is 32.7 Å². The molecule has 6 heteroatoms. The number of hydrogen-bond donors (Lipinski definition) is 2. The van der Waals surface area contributed by atoms with E-state index in [4.69, 9.17) is 0 Å². The van der Waals surface area contributed by atoms with Crippen molar-refractivity contribution >= 4 is 11.7 Å². The fraction of sp³-hybridized carbons (Fsp3) is 0.600. The summed E-state index contributed by atoms with van der Waals surface area (Å²) in [6.45, 7) is 3.61. The van der Waals surface area contributed by atoms with Gasteiger partial charge in [-0.05, 0) is 25.0 Å². The summed E-state index contributed by atoms with van der Waals surface area (Å²) in [6.07, 6.45) is 5.94. The molecule has 1 saturated heterocycles. The van der Waals surface area contributed by atoms with Crippen molar-refractivity contribution in [3.8, 4) is 0 Å². The molecule has 0 radical (unpaired) electrons. The Morgan fingerprint density at radius 2 is 1.95 bits per heavy atom. The molecular weight excluding hydrogens is 266 g/mol. The smallest absolute Gasteiger partial charge is 0.316 e. The highest BCUT2D eigenvalue weighted by molar-refractivity contribution is 5.73. The first-order valence-corrected chi connectivity index (χ1v) is 7.50. The summed E-state index contributed by atoms with van der Waals surface area (Å²) >= 11 is 0. The maximum atomic E-state index is 11.4. The molecule has 21 heavy (non-hydrogen) atoms. The number of pyridine rings is 1. The van der Waals surface area contributed by atoms with Gasteiger partial charge in [-0.1, -0.05) is 0 Å². The number of amides is 2. The number of hydrogen-bond acceptors (Lipinski definition) is 4. The molecule has 1 fully saturated rings. The predicted molar refractivity (Wildman–Crippen MR) is 84.6 cm³/mol. The Morgan fingerprint density at radius 3 is 2.57 bits per heavy atom. The second kappa shape index (κ2) is 7.83. The van der Waals surface area contributed by atoms with Gasteiger partial charge in [-0.25, -0.2) is 4.79 Å². The molecule has 0 spiro atoms. The Kier molecular flexibility index (Phi) is 5.80. The van der Waals surface area contributed by atoms with Crippen LogP contribution in [0.4, 0.5) is 10.5 Å². The molecule has 0 unspecified atom stereocenters. The van der Waals surface area contributed by atoms with E-state index in [-0.39, 0.29) is 6.03 Å². The minimum atomic E-state index is -0.0377. The Morgan fingerprint density at radius 1 is 1.29 bits per heavy atom. The fourth-order valence-electron chi connectivity index (χ4n) is 2.50. The zero-order chi connectivity index (χ0) is 15.1. The van der Waals surface area contributed by atoms with Gasteiger partial charge in [-0.3, -0.25) is 4.98 Å². The number of nitrogens with zero attached hydrogens (tertiary/aromatic N) is 3. The average Bonchev–Trinajstić information content (AvgIpc) is 2.52. The topological polar surface area (TPSA) is 60.5 Å². The van der Waals surface area contributed by atoms with E-state index in [1.807, 2.05) is 12.4 Å². The van der Waals surface area contributed by atoms with E-state index in [0.717, 1.165) is 32.5 Å². The lowest BCUT2D eigenvalue weighted by Gasteiger charge is -2.34. The lowest BCUT2D eigenvalue weighted by Crippen LogP contribution is -2.45. The predicted octanol–water partition coefficient (Wildman–Crippen LogP) is 0.911. The van der Waals surface area contributed by atoms with Gasteiger partial charge >= 0.3 is 6.03 Å². The van der Waals surface area contributed by atoms with E-state index >= 15 is 0 Å². The molecule has 0 atom stereocenters. The van der Waals surface area contributed by atoms with Gasteiger partial charge < -0.3 is 20.4 Å². The van der Waals surface area contributed by atoms with Gasteiger partial charge in [-0.15, -0.1) is 0 Å². The SMILES string of the molecule is CN(C)C(=O)NCCNC1CCN(c2ccncc2)CC1. The number of rotatable bonds is 5. The molecule has 116 valence electrons. The first-order chi connectivity index (χ1) is 10.2. The molecule has 2 N–H and O–H groups in total. The quantitative estimate of drug-likeness (QED) is 0.792. The summed E-state index contributed by atoms with van der Waals surface area (Å²) in [6, 6.07) is 4.62. The molecule has 1 aliphatic heterocycles. The summed E-state index contributed by atoms with van der Waals surface area (Å²) in [5.41, 5.74) is 1.25. The molecule has 1 aliphatic rings. The number of carbonyl (C=O) groups excluding carboxylic acids is 1. The third kappa shape index (κ3) is 4.90. The minimum Gasteiger partial charge on any atom is -0.371 e. The van der Waals surface area contributed by atoms with Crippen LogP contribution in [0.25, 0.3) is 0 Å². The van der Waals surface area contributed by atoms with Crippen LogP contribution in [0.15, 0.2) is 24.5 Å². The zero-order valence-corrected chi connectivity index (χ0v) is 12.9. The summed E-state index contributed by atoms with van der Waals surface area (Å²) in [5.74, 6) is 0. The van der Waals surface area contributed by atoms with Crippen molar-refractivity contribution < 1.29 is 4.79 Å². The van der Waals surface area contributed by atoms with Crippen LogP contribution in [0.3, 0.4) is 0 Å². The monoisotopic (exact) mass is 291 g/mol. The number of aromatic nitrogens is 1. The minimum absolute atomic E-state index is 0.0377. The third-order valence-electron chi connectivity index (χ3n) is 3.76. The van der Waals surface area contributed by atoms with Crippen LogP contribution in [0.5, 0.6) is 0 Å². The summed E-state index contributed by atoms with van der Waals surface area (Å²) < 4.78 is 0. The highest BCUT2D eigenvalue weighted by Gasteiger charge is 2.18. The van der Waals surface area contributed by atoms with Crippen LogP contribution in [-0.4, -0.2) is 62.2 Å². The third-order valence-corrected chi connectivity index (χ3v) is 3.76. The van der Waals surface area contributed by atoms with Gasteiger partial charge in [0.1, 0.15) is 0 Å². The zero-order valence-electron chi connectivity index (χ0n) is 12.9. The highest BCUT2D eigenvalue weighted by Crippen LogP contribution is 2.18. The van der Waals surface area contributed by atoms with Gasteiger partial charge in [0.25, 0.3) is 0 Å². The molecule has 6 nitrogen and oxygen atoms in total. The highest BCUT2D eigenvalue weighted by atomic mass is 16.2. The van der Waals surface area contributed by atoms with Crippen molar-refractivity contribution in [1.29, 1.82) is 0 Å².